The molecule has 0 fully saturated rings. The molecule has 5 heteroatoms. The van der Waals surface area contributed by atoms with Crippen LogP contribution in [0.15, 0.2) is 12.1 Å². The molecule has 0 saturated heterocycles. The summed E-state index contributed by atoms with van der Waals surface area (Å²) in [5.41, 5.74) is 0.556. The highest BCUT2D eigenvalue weighted by atomic mass is 35.5. The van der Waals surface area contributed by atoms with Crippen LogP contribution in [0.4, 0.5) is 0 Å². The number of benzene rings is 1. The molecular formula is C11H14Cl2O3. The van der Waals surface area contributed by atoms with Gasteiger partial charge >= 0.3 is 0 Å². The normalized spacial score (nSPS) is 12.6. The number of halogens is 2. The Morgan fingerprint density at radius 2 is 2.00 bits per heavy atom. The molecule has 2 N–H and O–H groups in total. The van der Waals surface area contributed by atoms with Gasteiger partial charge in [-0.1, -0.05) is 29.3 Å². The molecule has 0 heterocycles. The number of aliphatic hydroxyl groups excluding tert-OH is 2. The molecule has 0 aromatic heterocycles. The van der Waals surface area contributed by atoms with E-state index in [1.807, 2.05) is 0 Å². The van der Waals surface area contributed by atoms with E-state index >= 15 is 0 Å². The fourth-order valence-corrected chi connectivity index (χ4v) is 1.93. The molecule has 0 spiro atoms. The predicted octanol–water partition coefficient (Wildman–Crippen LogP) is 2.81. The van der Waals surface area contributed by atoms with E-state index in [0.717, 1.165) is 0 Å². The highest BCUT2D eigenvalue weighted by Gasteiger charge is 2.16. The second-order valence-corrected chi connectivity index (χ2v) is 4.12. The van der Waals surface area contributed by atoms with Crippen LogP contribution in [-0.4, -0.2) is 23.9 Å². The third-order valence-electron chi connectivity index (χ3n) is 2.29. The summed E-state index contributed by atoms with van der Waals surface area (Å²) in [6, 6.07) is 3.33. The number of hydrogen-bond acceptors (Lipinski definition) is 3. The van der Waals surface area contributed by atoms with Gasteiger partial charge in [0.25, 0.3) is 0 Å². The SMILES string of the molecule is COc1ccc(C(O)CCCO)c(Cl)c1Cl. The fourth-order valence-electron chi connectivity index (χ4n) is 1.40. The number of methoxy groups -OCH3 is 1. The van der Waals surface area contributed by atoms with Gasteiger partial charge in [-0.25, -0.2) is 0 Å². The molecule has 0 saturated carbocycles. The molecule has 3 nitrogen and oxygen atoms in total. The molecule has 1 aromatic rings. The van der Waals surface area contributed by atoms with Gasteiger partial charge in [0.2, 0.25) is 0 Å². The molecule has 16 heavy (non-hydrogen) atoms. The molecule has 1 atom stereocenters. The number of hydrogen-bond donors (Lipinski definition) is 2. The maximum atomic E-state index is 9.83. The van der Waals surface area contributed by atoms with Crippen LogP contribution in [0.3, 0.4) is 0 Å². The predicted molar refractivity (Wildman–Crippen MR) is 64.3 cm³/mol. The van der Waals surface area contributed by atoms with Gasteiger partial charge in [-0.05, 0) is 18.9 Å². The van der Waals surface area contributed by atoms with Gasteiger partial charge in [-0.3, -0.25) is 0 Å². The zero-order valence-electron chi connectivity index (χ0n) is 8.91. The highest BCUT2D eigenvalue weighted by Crippen LogP contribution is 2.37. The first-order valence-corrected chi connectivity index (χ1v) is 5.68. The first kappa shape index (κ1) is 13.6. The third-order valence-corrected chi connectivity index (χ3v) is 3.17. The lowest BCUT2D eigenvalue weighted by Crippen LogP contribution is -2.00. The van der Waals surface area contributed by atoms with Crippen LogP contribution in [0.2, 0.25) is 10.0 Å². The van der Waals surface area contributed by atoms with E-state index in [0.29, 0.717) is 34.2 Å². The number of aliphatic hydroxyl groups is 2. The smallest absolute Gasteiger partial charge is 0.139 e. The Labute approximate surface area is 105 Å². The number of ether oxygens (including phenoxy) is 1. The highest BCUT2D eigenvalue weighted by molar-refractivity contribution is 6.43. The molecule has 0 aliphatic carbocycles. The standard InChI is InChI=1S/C11H14Cl2O3/c1-16-9-5-4-7(10(12)11(9)13)8(15)3-2-6-14/h4-5,8,14-15H,2-3,6H2,1H3. The van der Waals surface area contributed by atoms with Gasteiger partial charge in [0.1, 0.15) is 10.8 Å². The summed E-state index contributed by atoms with van der Waals surface area (Å²) in [6.07, 6.45) is 0.239. The van der Waals surface area contributed by atoms with Crippen molar-refractivity contribution in [2.24, 2.45) is 0 Å². The minimum Gasteiger partial charge on any atom is -0.495 e. The topological polar surface area (TPSA) is 49.7 Å². The molecular weight excluding hydrogens is 251 g/mol. The van der Waals surface area contributed by atoms with E-state index in [1.165, 1.54) is 7.11 Å². The van der Waals surface area contributed by atoms with Crippen LogP contribution in [-0.2, 0) is 0 Å². The zero-order chi connectivity index (χ0) is 12.1. The van der Waals surface area contributed by atoms with Crippen molar-refractivity contribution in [1.82, 2.24) is 0 Å². The third kappa shape index (κ3) is 3.01. The molecule has 1 aromatic carbocycles. The van der Waals surface area contributed by atoms with Gasteiger partial charge in [0, 0.05) is 12.2 Å². The quantitative estimate of drug-likeness (QED) is 0.860. The maximum Gasteiger partial charge on any atom is 0.139 e. The first-order chi connectivity index (χ1) is 7.61. The minimum absolute atomic E-state index is 0.0402. The Morgan fingerprint density at radius 3 is 2.56 bits per heavy atom. The Kier molecular flexibility index (Phi) is 5.35. The molecule has 0 bridgehead atoms. The summed E-state index contributed by atoms with van der Waals surface area (Å²) >= 11 is 12.0. The molecule has 90 valence electrons. The van der Waals surface area contributed by atoms with Crippen LogP contribution < -0.4 is 4.74 Å². The summed E-state index contributed by atoms with van der Waals surface area (Å²) in [6.45, 7) is 0.0402. The minimum atomic E-state index is -0.719. The van der Waals surface area contributed by atoms with Crippen molar-refractivity contribution in [2.75, 3.05) is 13.7 Å². The molecule has 1 rings (SSSR count). The van der Waals surface area contributed by atoms with Crippen LogP contribution in [0.1, 0.15) is 24.5 Å². The van der Waals surface area contributed by atoms with Crippen molar-refractivity contribution in [3.8, 4) is 5.75 Å². The van der Waals surface area contributed by atoms with Gasteiger partial charge < -0.3 is 14.9 Å². The van der Waals surface area contributed by atoms with E-state index < -0.39 is 6.10 Å². The van der Waals surface area contributed by atoms with Crippen LogP contribution >= 0.6 is 23.2 Å². The lowest BCUT2D eigenvalue weighted by Gasteiger charge is -2.14. The van der Waals surface area contributed by atoms with Gasteiger partial charge in [0.05, 0.1) is 18.2 Å². The van der Waals surface area contributed by atoms with Gasteiger partial charge in [0.15, 0.2) is 0 Å². The zero-order valence-corrected chi connectivity index (χ0v) is 10.4. The van der Waals surface area contributed by atoms with E-state index in [4.69, 9.17) is 33.0 Å². The van der Waals surface area contributed by atoms with Gasteiger partial charge in [-0.2, -0.15) is 0 Å². The Bertz CT molecular complexity index is 355. The molecule has 0 aliphatic rings. The van der Waals surface area contributed by atoms with E-state index in [1.54, 1.807) is 12.1 Å². The van der Waals surface area contributed by atoms with E-state index in [2.05, 4.69) is 0 Å². The second-order valence-electron chi connectivity index (χ2n) is 3.37. The average Bonchev–Trinajstić information content (AvgIpc) is 2.29. The summed E-state index contributed by atoms with van der Waals surface area (Å²) in [5.74, 6) is 0.477. The Hall–Kier alpha value is -0.480. The summed E-state index contributed by atoms with van der Waals surface area (Å²) < 4.78 is 5.00. The largest absolute Gasteiger partial charge is 0.495 e. The van der Waals surface area contributed by atoms with E-state index in [9.17, 15) is 5.11 Å². The van der Waals surface area contributed by atoms with Crippen molar-refractivity contribution in [3.63, 3.8) is 0 Å². The average molecular weight is 265 g/mol. The van der Waals surface area contributed by atoms with Gasteiger partial charge in [-0.15, -0.1) is 0 Å². The summed E-state index contributed by atoms with van der Waals surface area (Å²) in [7, 11) is 1.50. The fraction of sp³-hybridized carbons (Fsp3) is 0.455. The molecule has 0 amide bonds. The number of rotatable bonds is 5. The second kappa shape index (κ2) is 6.30. The van der Waals surface area contributed by atoms with Crippen LogP contribution in [0, 0.1) is 0 Å². The van der Waals surface area contributed by atoms with Crippen molar-refractivity contribution in [1.29, 1.82) is 0 Å². The Balaban J connectivity index is 2.93. The van der Waals surface area contributed by atoms with Crippen molar-refractivity contribution in [3.05, 3.63) is 27.7 Å². The van der Waals surface area contributed by atoms with Crippen LogP contribution in [0.25, 0.3) is 0 Å². The van der Waals surface area contributed by atoms with E-state index in [-0.39, 0.29) is 6.61 Å². The first-order valence-electron chi connectivity index (χ1n) is 4.92. The van der Waals surface area contributed by atoms with Crippen LogP contribution in [0.5, 0.6) is 5.75 Å². The Morgan fingerprint density at radius 1 is 1.31 bits per heavy atom. The summed E-state index contributed by atoms with van der Waals surface area (Å²) in [4.78, 5) is 0. The molecule has 0 radical (unpaired) electrons. The van der Waals surface area contributed by atoms with Crippen molar-refractivity contribution in [2.45, 2.75) is 18.9 Å². The molecule has 0 aliphatic heterocycles. The lowest BCUT2D eigenvalue weighted by molar-refractivity contribution is 0.152. The monoisotopic (exact) mass is 264 g/mol. The summed E-state index contributed by atoms with van der Waals surface area (Å²) in [5, 5.41) is 19.1. The maximum absolute atomic E-state index is 9.83. The lowest BCUT2D eigenvalue weighted by atomic mass is 10.0. The van der Waals surface area contributed by atoms with Crippen molar-refractivity contribution >= 4 is 23.2 Å². The van der Waals surface area contributed by atoms with Crippen molar-refractivity contribution < 1.29 is 14.9 Å². The molecule has 1 unspecified atom stereocenters.